The number of hydrogen-bond acceptors (Lipinski definition) is 15. The van der Waals surface area contributed by atoms with Crippen LogP contribution < -0.4 is 0 Å². The maximum absolute atomic E-state index is 13.0. The normalized spacial score (nSPS) is 14.0. The van der Waals surface area contributed by atoms with Crippen LogP contribution in [0.25, 0.3) is 0 Å². The molecule has 0 aliphatic rings. The van der Waals surface area contributed by atoms with E-state index in [0.29, 0.717) is 31.6 Å². The van der Waals surface area contributed by atoms with E-state index in [2.05, 4.69) is 34.6 Å². The van der Waals surface area contributed by atoms with Gasteiger partial charge < -0.3 is 33.8 Å². The minimum atomic E-state index is -4.95. The van der Waals surface area contributed by atoms with Gasteiger partial charge in [-0.15, -0.1) is 0 Å². The van der Waals surface area contributed by atoms with Crippen LogP contribution in [0.5, 0.6) is 0 Å². The molecule has 0 bridgehead atoms. The lowest BCUT2D eigenvalue weighted by atomic mass is 10.0. The fourth-order valence-electron chi connectivity index (χ4n) is 11.2. The second-order valence-electron chi connectivity index (χ2n) is 26.8. The SMILES string of the molecule is CCCCCCCCCCCCCCCCC(=O)OC[C@H](COP(=O)(O)OC[C@@H](O)COP(=O)(O)OC[C@@H](COC(=O)CCCCCCCCCC(C)C)OC(=O)CCCCCCCCCCCCCCCC)OC(=O)CCCCCCCCCCCCCCCC. The van der Waals surface area contributed by atoms with Crippen molar-refractivity contribution in [2.75, 3.05) is 39.6 Å². The van der Waals surface area contributed by atoms with Crippen molar-refractivity contribution in [2.24, 2.45) is 5.92 Å². The molecule has 19 heteroatoms. The first kappa shape index (κ1) is 90.1. The van der Waals surface area contributed by atoms with Gasteiger partial charge in [0, 0.05) is 25.7 Å². The first-order chi connectivity index (χ1) is 44.5. The number of rotatable bonds is 73. The first-order valence-electron chi connectivity index (χ1n) is 38.1. The molecule has 0 aliphatic heterocycles. The van der Waals surface area contributed by atoms with Crippen molar-refractivity contribution in [3.05, 3.63) is 0 Å². The maximum atomic E-state index is 13.0. The average molecular weight is 1350 g/mol. The number of unbranched alkanes of at least 4 members (excludes halogenated alkanes) is 45. The van der Waals surface area contributed by atoms with Gasteiger partial charge in [-0.3, -0.25) is 37.3 Å². The van der Waals surface area contributed by atoms with Crippen LogP contribution in [0.15, 0.2) is 0 Å². The molecule has 0 heterocycles. The highest BCUT2D eigenvalue weighted by atomic mass is 31.2. The molecule has 0 fully saturated rings. The molecule has 0 amide bonds. The lowest BCUT2D eigenvalue weighted by Crippen LogP contribution is -2.30. The molecule has 0 rings (SSSR count). The van der Waals surface area contributed by atoms with Crippen LogP contribution in [0.3, 0.4) is 0 Å². The van der Waals surface area contributed by atoms with Gasteiger partial charge in [-0.25, -0.2) is 9.13 Å². The molecular weight excluding hydrogens is 1210 g/mol. The van der Waals surface area contributed by atoms with Crippen LogP contribution in [0, 0.1) is 5.92 Å². The predicted octanol–water partition coefficient (Wildman–Crippen LogP) is 21.3. The van der Waals surface area contributed by atoms with Crippen molar-refractivity contribution in [1.82, 2.24) is 0 Å². The lowest BCUT2D eigenvalue weighted by molar-refractivity contribution is -0.161. The van der Waals surface area contributed by atoms with Crippen molar-refractivity contribution in [1.29, 1.82) is 0 Å². The van der Waals surface area contributed by atoms with E-state index in [1.165, 1.54) is 199 Å². The van der Waals surface area contributed by atoms with Gasteiger partial charge in [0.25, 0.3) is 0 Å². The Morgan fingerprint density at radius 2 is 0.500 bits per heavy atom. The Morgan fingerprint density at radius 3 is 0.739 bits per heavy atom. The quantitative estimate of drug-likeness (QED) is 0.0222. The van der Waals surface area contributed by atoms with E-state index in [1.54, 1.807) is 0 Å². The van der Waals surface area contributed by atoms with Crippen LogP contribution in [-0.4, -0.2) is 96.7 Å². The van der Waals surface area contributed by atoms with Gasteiger partial charge >= 0.3 is 39.5 Å². The number of carbonyl (C=O) groups excluding carboxylic acids is 4. The molecule has 0 aromatic carbocycles. The summed E-state index contributed by atoms with van der Waals surface area (Å²) in [5, 5.41) is 10.6. The highest BCUT2D eigenvalue weighted by Gasteiger charge is 2.30. The zero-order chi connectivity index (χ0) is 67.7. The predicted molar refractivity (Wildman–Crippen MR) is 372 cm³/mol. The van der Waals surface area contributed by atoms with Crippen LogP contribution >= 0.6 is 15.6 Å². The molecule has 0 spiro atoms. The van der Waals surface area contributed by atoms with Crippen molar-refractivity contribution in [2.45, 2.75) is 400 Å². The summed E-state index contributed by atoms with van der Waals surface area (Å²) < 4.78 is 68.4. The monoisotopic (exact) mass is 1350 g/mol. The van der Waals surface area contributed by atoms with Gasteiger partial charge in [-0.1, -0.05) is 330 Å². The number of hydrogen-bond donors (Lipinski definition) is 3. The van der Waals surface area contributed by atoms with Gasteiger partial charge in [0.2, 0.25) is 0 Å². The van der Waals surface area contributed by atoms with E-state index in [4.69, 9.17) is 37.0 Å². The summed E-state index contributed by atoms with van der Waals surface area (Å²) in [6, 6.07) is 0. The molecule has 546 valence electrons. The van der Waals surface area contributed by atoms with E-state index in [9.17, 15) is 43.2 Å². The molecule has 92 heavy (non-hydrogen) atoms. The number of phosphoric ester groups is 2. The topological polar surface area (TPSA) is 237 Å². The molecule has 0 saturated carbocycles. The number of aliphatic hydroxyl groups excluding tert-OH is 1. The molecule has 5 atom stereocenters. The average Bonchev–Trinajstić information content (AvgIpc) is 1.94. The number of esters is 4. The Balaban J connectivity index is 5.25. The van der Waals surface area contributed by atoms with Crippen molar-refractivity contribution >= 4 is 39.5 Å². The van der Waals surface area contributed by atoms with E-state index in [-0.39, 0.29) is 25.7 Å². The van der Waals surface area contributed by atoms with Crippen molar-refractivity contribution < 1.29 is 80.2 Å². The fraction of sp³-hybridized carbons (Fsp3) is 0.945. The second kappa shape index (κ2) is 66.3. The summed E-state index contributed by atoms with van der Waals surface area (Å²) in [6.07, 6.45) is 54.0. The first-order valence-corrected chi connectivity index (χ1v) is 41.1. The van der Waals surface area contributed by atoms with E-state index >= 15 is 0 Å². The summed E-state index contributed by atoms with van der Waals surface area (Å²) in [6.45, 7) is 7.23. The molecule has 0 aliphatic carbocycles. The Hall–Kier alpha value is -1.94. The third-order valence-corrected chi connectivity index (χ3v) is 18.9. The van der Waals surface area contributed by atoms with E-state index < -0.39 is 97.5 Å². The van der Waals surface area contributed by atoms with Gasteiger partial charge in [-0.05, 0) is 31.6 Å². The summed E-state index contributed by atoms with van der Waals surface area (Å²) in [5.74, 6) is -1.41. The number of carbonyl (C=O) groups is 4. The van der Waals surface area contributed by atoms with Crippen molar-refractivity contribution in [3.8, 4) is 0 Å². The Labute approximate surface area is 562 Å². The van der Waals surface area contributed by atoms with E-state index in [1.807, 2.05) is 0 Å². The molecule has 0 saturated heterocycles. The summed E-state index contributed by atoms with van der Waals surface area (Å²) in [4.78, 5) is 72.7. The van der Waals surface area contributed by atoms with Crippen molar-refractivity contribution in [3.63, 3.8) is 0 Å². The van der Waals surface area contributed by atoms with Crippen LogP contribution in [0.1, 0.15) is 381 Å². The molecule has 17 nitrogen and oxygen atoms in total. The zero-order valence-corrected chi connectivity index (χ0v) is 61.5. The van der Waals surface area contributed by atoms with E-state index in [0.717, 1.165) is 96.3 Å². The molecule has 2 unspecified atom stereocenters. The lowest BCUT2D eigenvalue weighted by Gasteiger charge is -2.21. The molecule has 0 aromatic heterocycles. The largest absolute Gasteiger partial charge is 0.472 e. The van der Waals surface area contributed by atoms with Gasteiger partial charge in [0.1, 0.15) is 19.3 Å². The minimum Gasteiger partial charge on any atom is -0.462 e. The Bertz CT molecular complexity index is 1770. The minimum absolute atomic E-state index is 0.107. The molecule has 0 aromatic rings. The van der Waals surface area contributed by atoms with Crippen LogP contribution in [0.2, 0.25) is 0 Å². The standard InChI is InChI=1S/C73H142O17P2/c1-6-9-12-15-18-21-24-27-30-33-36-41-46-51-56-70(75)83-62-68(89-72(77)58-53-48-42-37-34-31-28-25-22-19-16-13-10-7-2)64-87-91(79,80)85-60-67(74)61-86-92(81,82)88-65-69(63-84-71(76)57-52-47-44-39-40-45-50-55-66(4)5)90-73(78)59-54-49-43-38-35-32-29-26-23-20-17-14-11-8-3/h66-69,74H,6-65H2,1-5H3,(H,79,80)(H,81,82)/t67-,68-,69-/m1/s1. The number of ether oxygens (including phenoxy) is 4. The Morgan fingerprint density at radius 1 is 0.293 bits per heavy atom. The Kier molecular flexibility index (Phi) is 64.9. The fourth-order valence-corrected chi connectivity index (χ4v) is 12.8. The third-order valence-electron chi connectivity index (χ3n) is 17.0. The highest BCUT2D eigenvalue weighted by Crippen LogP contribution is 2.45. The third kappa shape index (κ3) is 66.7. The summed E-state index contributed by atoms with van der Waals surface area (Å²) in [7, 11) is -9.90. The molecule has 3 N–H and O–H groups in total. The van der Waals surface area contributed by atoms with Gasteiger partial charge in [0.15, 0.2) is 12.2 Å². The van der Waals surface area contributed by atoms with Gasteiger partial charge in [0.05, 0.1) is 26.4 Å². The van der Waals surface area contributed by atoms with Gasteiger partial charge in [-0.2, -0.15) is 0 Å². The zero-order valence-electron chi connectivity index (χ0n) is 59.7. The number of phosphoric acid groups is 2. The second-order valence-corrected chi connectivity index (χ2v) is 29.7. The number of aliphatic hydroxyl groups is 1. The van der Waals surface area contributed by atoms with Crippen LogP contribution in [0.4, 0.5) is 0 Å². The summed E-state index contributed by atoms with van der Waals surface area (Å²) >= 11 is 0. The smallest absolute Gasteiger partial charge is 0.462 e. The maximum Gasteiger partial charge on any atom is 0.472 e. The summed E-state index contributed by atoms with van der Waals surface area (Å²) in [5.41, 5.74) is 0. The molecule has 0 radical (unpaired) electrons. The highest BCUT2D eigenvalue weighted by molar-refractivity contribution is 7.47. The molecular formula is C73H142O17P2. The van der Waals surface area contributed by atoms with Crippen LogP contribution in [-0.2, 0) is 65.4 Å².